The largest absolute Gasteiger partial charge is 0.397 e. The van der Waals surface area contributed by atoms with Gasteiger partial charge in [-0.25, -0.2) is 8.78 Å². The molecule has 0 aliphatic carbocycles. The third-order valence-corrected chi connectivity index (χ3v) is 3.25. The van der Waals surface area contributed by atoms with Crippen molar-refractivity contribution in [2.45, 2.75) is 0 Å². The van der Waals surface area contributed by atoms with Gasteiger partial charge in [-0.15, -0.1) is 0 Å². The Labute approximate surface area is 112 Å². The third kappa shape index (κ3) is 2.46. The Bertz CT molecular complexity index is 570. The number of rotatable bonds is 2. The summed E-state index contributed by atoms with van der Waals surface area (Å²) in [5.41, 5.74) is 7.52. The SMILES string of the molecule is CN(c1ccc(F)cc1)c1cc(Br)c(F)cc1N. The smallest absolute Gasteiger partial charge is 0.139 e. The van der Waals surface area contributed by atoms with Crippen molar-refractivity contribution in [1.82, 2.24) is 0 Å². The van der Waals surface area contributed by atoms with Gasteiger partial charge in [0.2, 0.25) is 0 Å². The Morgan fingerprint density at radius 1 is 1.11 bits per heavy atom. The van der Waals surface area contributed by atoms with Crippen molar-refractivity contribution >= 4 is 33.0 Å². The third-order valence-electron chi connectivity index (χ3n) is 2.64. The van der Waals surface area contributed by atoms with Crippen LogP contribution in [0, 0.1) is 11.6 Å². The van der Waals surface area contributed by atoms with Crippen LogP contribution >= 0.6 is 15.9 Å². The number of halogens is 3. The molecule has 0 unspecified atom stereocenters. The van der Waals surface area contributed by atoms with Crippen LogP contribution in [0.3, 0.4) is 0 Å². The van der Waals surface area contributed by atoms with Gasteiger partial charge < -0.3 is 10.6 Å². The van der Waals surface area contributed by atoms with E-state index >= 15 is 0 Å². The van der Waals surface area contributed by atoms with Crippen LogP contribution in [0.4, 0.5) is 25.8 Å². The minimum atomic E-state index is -0.413. The molecule has 0 spiro atoms. The van der Waals surface area contributed by atoms with E-state index in [-0.39, 0.29) is 5.82 Å². The molecular weight excluding hydrogens is 302 g/mol. The summed E-state index contributed by atoms with van der Waals surface area (Å²) in [5.74, 6) is -0.718. The minimum absolute atomic E-state index is 0.305. The first-order valence-electron chi connectivity index (χ1n) is 5.23. The van der Waals surface area contributed by atoms with Gasteiger partial charge in [-0.05, 0) is 46.3 Å². The van der Waals surface area contributed by atoms with Crippen LogP contribution in [0.2, 0.25) is 0 Å². The van der Waals surface area contributed by atoms with E-state index in [9.17, 15) is 8.78 Å². The molecule has 2 N–H and O–H groups in total. The zero-order valence-corrected chi connectivity index (χ0v) is 11.2. The Kier molecular flexibility index (Phi) is 3.52. The van der Waals surface area contributed by atoms with Crippen LogP contribution in [0.1, 0.15) is 0 Å². The van der Waals surface area contributed by atoms with Crippen molar-refractivity contribution < 1.29 is 8.78 Å². The van der Waals surface area contributed by atoms with E-state index in [0.29, 0.717) is 15.8 Å². The van der Waals surface area contributed by atoms with Crippen LogP contribution in [0.25, 0.3) is 0 Å². The molecule has 0 atom stereocenters. The molecular formula is C13H11BrF2N2. The molecule has 0 aliphatic heterocycles. The number of nitrogen functional groups attached to an aromatic ring is 1. The summed E-state index contributed by atoms with van der Waals surface area (Å²) in [5, 5.41) is 0. The van der Waals surface area contributed by atoms with Gasteiger partial charge in [0.25, 0.3) is 0 Å². The number of nitrogens with two attached hydrogens (primary N) is 1. The number of hydrogen-bond donors (Lipinski definition) is 1. The summed E-state index contributed by atoms with van der Waals surface area (Å²) in [4.78, 5) is 1.76. The quantitative estimate of drug-likeness (QED) is 0.847. The predicted octanol–water partition coefficient (Wildman–Crippen LogP) is 4.08. The average Bonchev–Trinajstić information content (AvgIpc) is 2.34. The van der Waals surface area contributed by atoms with E-state index in [4.69, 9.17) is 5.73 Å². The van der Waals surface area contributed by atoms with Crippen LogP contribution < -0.4 is 10.6 Å². The Hall–Kier alpha value is -1.62. The van der Waals surface area contributed by atoms with Gasteiger partial charge in [0.05, 0.1) is 15.8 Å². The van der Waals surface area contributed by atoms with Gasteiger partial charge >= 0.3 is 0 Å². The summed E-state index contributed by atoms with van der Waals surface area (Å²) in [7, 11) is 1.78. The second kappa shape index (κ2) is 4.94. The highest BCUT2D eigenvalue weighted by Gasteiger charge is 2.11. The molecule has 2 aromatic carbocycles. The summed E-state index contributed by atoms with van der Waals surface area (Å²) < 4.78 is 26.5. The summed E-state index contributed by atoms with van der Waals surface area (Å²) >= 11 is 3.12. The number of benzene rings is 2. The maximum Gasteiger partial charge on any atom is 0.139 e. The lowest BCUT2D eigenvalue weighted by Gasteiger charge is -2.21. The zero-order chi connectivity index (χ0) is 13.3. The Morgan fingerprint density at radius 2 is 1.72 bits per heavy atom. The fraction of sp³-hybridized carbons (Fsp3) is 0.0769. The first-order chi connectivity index (χ1) is 8.49. The molecule has 0 aliphatic rings. The number of hydrogen-bond acceptors (Lipinski definition) is 2. The average molecular weight is 313 g/mol. The molecule has 18 heavy (non-hydrogen) atoms. The minimum Gasteiger partial charge on any atom is -0.397 e. The molecule has 5 heteroatoms. The Balaban J connectivity index is 2.42. The number of nitrogens with zero attached hydrogens (tertiary/aromatic N) is 1. The Morgan fingerprint density at radius 3 is 2.33 bits per heavy atom. The predicted molar refractivity (Wildman–Crippen MR) is 73.0 cm³/mol. The molecule has 94 valence electrons. The van der Waals surface area contributed by atoms with Gasteiger partial charge in [-0.1, -0.05) is 0 Å². The highest BCUT2D eigenvalue weighted by molar-refractivity contribution is 9.10. The fourth-order valence-electron chi connectivity index (χ4n) is 1.65. The molecule has 0 amide bonds. The number of anilines is 3. The lowest BCUT2D eigenvalue weighted by molar-refractivity contribution is 0.622. The summed E-state index contributed by atoms with van der Waals surface area (Å²) in [6, 6.07) is 8.83. The van der Waals surface area contributed by atoms with Gasteiger partial charge in [0.15, 0.2) is 0 Å². The molecule has 2 rings (SSSR count). The van der Waals surface area contributed by atoms with Gasteiger partial charge in [0.1, 0.15) is 11.6 Å². The fourth-order valence-corrected chi connectivity index (χ4v) is 1.98. The first-order valence-corrected chi connectivity index (χ1v) is 6.02. The van der Waals surface area contributed by atoms with Gasteiger partial charge in [-0.2, -0.15) is 0 Å². The van der Waals surface area contributed by atoms with E-state index in [0.717, 1.165) is 5.69 Å². The van der Waals surface area contributed by atoms with E-state index in [1.807, 2.05) is 0 Å². The lowest BCUT2D eigenvalue weighted by atomic mass is 10.2. The zero-order valence-electron chi connectivity index (χ0n) is 9.62. The molecule has 0 radical (unpaired) electrons. The first kappa shape index (κ1) is 12.8. The normalized spacial score (nSPS) is 10.4. The standard InChI is InChI=1S/C13H11BrF2N2/c1-18(9-4-2-8(15)3-5-9)13-6-10(14)11(16)7-12(13)17/h2-7H,17H2,1H3. The van der Waals surface area contributed by atoms with E-state index in [1.54, 1.807) is 30.1 Å². The summed E-state index contributed by atoms with van der Waals surface area (Å²) in [6.07, 6.45) is 0. The molecule has 0 saturated heterocycles. The second-order valence-corrected chi connectivity index (χ2v) is 4.71. The van der Waals surface area contributed by atoms with Crippen molar-refractivity contribution in [3.05, 3.63) is 52.5 Å². The second-order valence-electron chi connectivity index (χ2n) is 3.86. The monoisotopic (exact) mass is 312 g/mol. The summed E-state index contributed by atoms with van der Waals surface area (Å²) in [6.45, 7) is 0. The van der Waals surface area contributed by atoms with Crippen LogP contribution in [0.15, 0.2) is 40.9 Å². The van der Waals surface area contributed by atoms with E-state index < -0.39 is 5.82 Å². The maximum atomic E-state index is 13.3. The van der Waals surface area contributed by atoms with Gasteiger partial charge in [0, 0.05) is 18.8 Å². The molecule has 0 aromatic heterocycles. The van der Waals surface area contributed by atoms with Crippen LogP contribution in [-0.2, 0) is 0 Å². The molecule has 2 aromatic rings. The topological polar surface area (TPSA) is 29.3 Å². The van der Waals surface area contributed by atoms with Gasteiger partial charge in [-0.3, -0.25) is 0 Å². The highest BCUT2D eigenvalue weighted by Crippen LogP contribution is 2.33. The van der Waals surface area contributed by atoms with Crippen molar-refractivity contribution in [1.29, 1.82) is 0 Å². The van der Waals surface area contributed by atoms with E-state index in [1.165, 1.54) is 18.2 Å². The highest BCUT2D eigenvalue weighted by atomic mass is 79.9. The van der Waals surface area contributed by atoms with Crippen molar-refractivity contribution in [2.24, 2.45) is 0 Å². The van der Waals surface area contributed by atoms with E-state index in [2.05, 4.69) is 15.9 Å². The van der Waals surface area contributed by atoms with Crippen LogP contribution in [0.5, 0.6) is 0 Å². The van der Waals surface area contributed by atoms with Crippen molar-refractivity contribution in [3.63, 3.8) is 0 Å². The molecule has 0 heterocycles. The maximum absolute atomic E-state index is 13.3. The molecule has 0 fully saturated rings. The molecule has 2 nitrogen and oxygen atoms in total. The van der Waals surface area contributed by atoms with Crippen molar-refractivity contribution in [3.8, 4) is 0 Å². The molecule has 0 saturated carbocycles. The van der Waals surface area contributed by atoms with Crippen molar-refractivity contribution in [2.75, 3.05) is 17.7 Å². The van der Waals surface area contributed by atoms with Crippen LogP contribution in [-0.4, -0.2) is 7.05 Å². The lowest BCUT2D eigenvalue weighted by Crippen LogP contribution is -2.12. The molecule has 0 bridgehead atoms.